The van der Waals surface area contributed by atoms with Crippen molar-refractivity contribution in [1.82, 2.24) is 4.98 Å². The lowest BCUT2D eigenvalue weighted by Crippen LogP contribution is -2.05. The van der Waals surface area contributed by atoms with E-state index in [1.165, 1.54) is 6.07 Å². The summed E-state index contributed by atoms with van der Waals surface area (Å²) < 4.78 is 11.2. The van der Waals surface area contributed by atoms with Crippen LogP contribution >= 0.6 is 15.9 Å². The fourth-order valence-corrected chi connectivity index (χ4v) is 2.12. The number of fused-ring (bicyclic) bond motifs is 1. The van der Waals surface area contributed by atoms with Crippen molar-refractivity contribution in [2.45, 2.75) is 6.92 Å². The minimum absolute atomic E-state index is 0.0782. The van der Waals surface area contributed by atoms with Gasteiger partial charge in [0, 0.05) is 17.5 Å². The molecule has 4 nitrogen and oxygen atoms in total. The molecule has 0 aliphatic rings. The lowest BCUT2D eigenvalue weighted by atomic mass is 10.2. The van der Waals surface area contributed by atoms with Crippen LogP contribution in [0.2, 0.25) is 0 Å². The van der Waals surface area contributed by atoms with Crippen LogP contribution in [0.15, 0.2) is 27.5 Å². The largest absolute Gasteiger partial charge is 0.495 e. The number of benzene rings is 1. The quantitative estimate of drug-likeness (QED) is 0.948. The van der Waals surface area contributed by atoms with E-state index < -0.39 is 0 Å². The van der Waals surface area contributed by atoms with E-state index in [1.807, 2.05) is 6.92 Å². The van der Waals surface area contributed by atoms with Gasteiger partial charge in [0.1, 0.15) is 5.75 Å². The highest BCUT2D eigenvalue weighted by molar-refractivity contribution is 9.10. The van der Waals surface area contributed by atoms with Gasteiger partial charge in [-0.25, -0.2) is 0 Å². The number of ether oxygens (including phenoxy) is 2. The first kappa shape index (κ1) is 12.0. The Labute approximate surface area is 107 Å². The van der Waals surface area contributed by atoms with Gasteiger partial charge in [-0.3, -0.25) is 4.79 Å². The number of hydrogen-bond acceptors (Lipinski definition) is 3. The highest BCUT2D eigenvalue weighted by Gasteiger charge is 2.07. The zero-order valence-electron chi connectivity index (χ0n) is 9.54. The molecule has 0 fully saturated rings. The summed E-state index contributed by atoms with van der Waals surface area (Å²) in [6.07, 6.45) is 0. The molecule has 0 bridgehead atoms. The molecule has 0 spiro atoms. The second-order valence-corrected chi connectivity index (χ2v) is 4.32. The Hall–Kier alpha value is -1.49. The fraction of sp³-hybridized carbons (Fsp3) is 0.250. The normalized spacial score (nSPS) is 10.5. The van der Waals surface area contributed by atoms with E-state index in [9.17, 15) is 4.79 Å². The molecule has 0 saturated heterocycles. The molecule has 1 heterocycles. The minimum Gasteiger partial charge on any atom is -0.495 e. The van der Waals surface area contributed by atoms with Gasteiger partial charge < -0.3 is 14.5 Å². The summed E-state index contributed by atoms with van der Waals surface area (Å²) in [4.78, 5) is 14.9. The highest BCUT2D eigenvalue weighted by Crippen LogP contribution is 2.28. The van der Waals surface area contributed by atoms with Crippen LogP contribution in [0.1, 0.15) is 6.92 Å². The zero-order valence-corrected chi connectivity index (χ0v) is 11.1. The Morgan fingerprint density at radius 2 is 2.12 bits per heavy atom. The van der Waals surface area contributed by atoms with Crippen LogP contribution in [0.4, 0.5) is 0 Å². The topological polar surface area (TPSA) is 51.3 Å². The van der Waals surface area contributed by atoms with Crippen molar-refractivity contribution >= 4 is 26.8 Å². The molecular weight excluding hydrogens is 286 g/mol. The Morgan fingerprint density at radius 3 is 2.76 bits per heavy atom. The van der Waals surface area contributed by atoms with E-state index in [1.54, 1.807) is 19.2 Å². The number of halogens is 1. The first-order chi connectivity index (χ1) is 8.15. The van der Waals surface area contributed by atoms with Crippen LogP contribution in [-0.4, -0.2) is 18.7 Å². The summed E-state index contributed by atoms with van der Waals surface area (Å²) in [6.45, 7) is 2.37. The summed E-state index contributed by atoms with van der Waals surface area (Å²) in [5, 5.41) is 0.598. The second kappa shape index (κ2) is 4.79. The summed E-state index contributed by atoms with van der Waals surface area (Å²) in [6, 6.07) is 4.96. The average molecular weight is 298 g/mol. The Morgan fingerprint density at radius 1 is 1.35 bits per heavy atom. The third kappa shape index (κ3) is 2.29. The third-order valence-corrected chi connectivity index (χ3v) is 3.00. The molecule has 0 atom stereocenters. The van der Waals surface area contributed by atoms with E-state index in [0.717, 1.165) is 4.47 Å². The summed E-state index contributed by atoms with van der Waals surface area (Å²) in [5.41, 5.74) is 0.617. The molecular formula is C12H12BrNO3. The van der Waals surface area contributed by atoms with Crippen LogP contribution in [0.5, 0.6) is 11.6 Å². The molecule has 0 aliphatic carbocycles. The first-order valence-corrected chi connectivity index (χ1v) is 5.98. The zero-order chi connectivity index (χ0) is 12.4. The predicted molar refractivity (Wildman–Crippen MR) is 70.0 cm³/mol. The van der Waals surface area contributed by atoms with Crippen molar-refractivity contribution in [1.29, 1.82) is 0 Å². The van der Waals surface area contributed by atoms with Crippen molar-refractivity contribution < 1.29 is 9.47 Å². The molecule has 5 heteroatoms. The lowest BCUT2D eigenvalue weighted by molar-refractivity contribution is 0.328. The molecule has 0 amide bonds. The van der Waals surface area contributed by atoms with Gasteiger partial charge in [0.05, 0.1) is 23.7 Å². The maximum atomic E-state index is 11.9. The Kier molecular flexibility index (Phi) is 3.38. The third-order valence-electron chi connectivity index (χ3n) is 2.38. The number of rotatable bonds is 3. The van der Waals surface area contributed by atoms with E-state index >= 15 is 0 Å². The molecule has 2 aromatic rings. The standard InChI is InChI=1S/C12H12BrNO3/c1-3-17-12-6-10(15)7-4-8(13)11(16-2)5-9(7)14-12/h4-6H,3H2,1-2H3,(H,14,15). The van der Waals surface area contributed by atoms with Gasteiger partial charge >= 0.3 is 0 Å². The number of H-pyrrole nitrogens is 1. The lowest BCUT2D eigenvalue weighted by Gasteiger charge is -2.08. The SMILES string of the molecule is CCOc1cc(=O)c2cc(Br)c(OC)cc2[nH]1. The summed E-state index contributed by atoms with van der Waals surface area (Å²) in [7, 11) is 1.58. The van der Waals surface area contributed by atoms with Gasteiger partial charge in [-0.2, -0.15) is 0 Å². The Bertz CT molecular complexity index is 606. The number of methoxy groups -OCH3 is 1. The molecule has 0 aliphatic heterocycles. The van der Waals surface area contributed by atoms with Gasteiger partial charge in [0.25, 0.3) is 0 Å². The van der Waals surface area contributed by atoms with Crippen molar-refractivity contribution in [3.8, 4) is 11.6 Å². The fourth-order valence-electron chi connectivity index (χ4n) is 1.62. The smallest absolute Gasteiger partial charge is 0.195 e. The van der Waals surface area contributed by atoms with Crippen LogP contribution in [0.25, 0.3) is 10.9 Å². The Balaban J connectivity index is 2.69. The van der Waals surface area contributed by atoms with Crippen molar-refractivity contribution in [2.75, 3.05) is 13.7 Å². The minimum atomic E-state index is -0.0782. The molecule has 2 rings (SSSR count). The predicted octanol–water partition coefficient (Wildman–Crippen LogP) is 2.70. The first-order valence-electron chi connectivity index (χ1n) is 5.19. The number of hydrogen-bond donors (Lipinski definition) is 1. The van der Waals surface area contributed by atoms with Crippen molar-refractivity contribution in [2.24, 2.45) is 0 Å². The average Bonchev–Trinajstić information content (AvgIpc) is 2.30. The maximum absolute atomic E-state index is 11.9. The molecule has 0 unspecified atom stereocenters. The summed E-state index contributed by atoms with van der Waals surface area (Å²) in [5.74, 6) is 1.14. The molecule has 17 heavy (non-hydrogen) atoms. The molecule has 1 aromatic heterocycles. The van der Waals surface area contributed by atoms with Crippen molar-refractivity contribution in [3.05, 3.63) is 32.9 Å². The van der Waals surface area contributed by atoms with E-state index in [2.05, 4.69) is 20.9 Å². The van der Waals surface area contributed by atoms with Gasteiger partial charge in [-0.05, 0) is 28.9 Å². The van der Waals surface area contributed by atoms with Gasteiger partial charge in [-0.15, -0.1) is 0 Å². The van der Waals surface area contributed by atoms with Gasteiger partial charge in [0.2, 0.25) is 0 Å². The van der Waals surface area contributed by atoms with E-state index in [4.69, 9.17) is 9.47 Å². The molecule has 90 valence electrons. The van der Waals surface area contributed by atoms with Crippen LogP contribution in [0.3, 0.4) is 0 Å². The highest BCUT2D eigenvalue weighted by atomic mass is 79.9. The molecule has 0 radical (unpaired) electrons. The molecule has 1 N–H and O–H groups in total. The second-order valence-electron chi connectivity index (χ2n) is 3.46. The number of aromatic amines is 1. The monoisotopic (exact) mass is 297 g/mol. The van der Waals surface area contributed by atoms with Gasteiger partial charge in [-0.1, -0.05) is 0 Å². The van der Waals surface area contributed by atoms with Crippen LogP contribution in [-0.2, 0) is 0 Å². The van der Waals surface area contributed by atoms with Crippen LogP contribution in [0, 0.1) is 0 Å². The van der Waals surface area contributed by atoms with Crippen molar-refractivity contribution in [3.63, 3.8) is 0 Å². The number of nitrogens with one attached hydrogen (secondary N) is 1. The summed E-state index contributed by atoms with van der Waals surface area (Å²) >= 11 is 3.35. The van der Waals surface area contributed by atoms with Gasteiger partial charge in [0.15, 0.2) is 11.3 Å². The number of pyridine rings is 1. The number of aromatic nitrogens is 1. The molecule has 0 saturated carbocycles. The van der Waals surface area contributed by atoms with E-state index in [0.29, 0.717) is 29.1 Å². The molecule has 1 aromatic carbocycles. The maximum Gasteiger partial charge on any atom is 0.195 e. The van der Waals surface area contributed by atoms with Crippen LogP contribution < -0.4 is 14.9 Å². The van der Waals surface area contributed by atoms with E-state index in [-0.39, 0.29) is 5.43 Å².